The molecule has 0 atom stereocenters. The highest BCUT2D eigenvalue weighted by atomic mass is 16.1. The van der Waals surface area contributed by atoms with Gasteiger partial charge in [0.05, 0.1) is 11.5 Å². The number of hydrogen-bond donors (Lipinski definition) is 0. The molecule has 2 nitrogen and oxygen atoms in total. The average Bonchev–Trinajstić information content (AvgIpc) is 2.69. The smallest absolute Gasteiger partial charge is 0.159 e. The maximum atomic E-state index is 11.3. The van der Waals surface area contributed by atoms with Gasteiger partial charge in [0.1, 0.15) is 0 Å². The number of unbranched alkanes of at least 4 members (excludes halogenated alkanes) is 2. The van der Waals surface area contributed by atoms with E-state index in [4.69, 9.17) is 0 Å². The summed E-state index contributed by atoms with van der Waals surface area (Å²) in [5.41, 5.74) is 3.64. The summed E-state index contributed by atoms with van der Waals surface area (Å²) in [6.07, 6.45) is 15.1. The number of carbonyl (C=O) groups is 1. The van der Waals surface area contributed by atoms with Gasteiger partial charge in [-0.2, -0.15) is 5.26 Å². The topological polar surface area (TPSA) is 40.9 Å². The average molecular weight is 348 g/mol. The highest BCUT2D eigenvalue weighted by molar-refractivity contribution is 5.97. The number of nitriles is 1. The lowest BCUT2D eigenvalue weighted by Crippen LogP contribution is -2.25. The molecule has 0 heterocycles. The van der Waals surface area contributed by atoms with Crippen LogP contribution in [0.25, 0.3) is 5.57 Å². The lowest BCUT2D eigenvalue weighted by molar-refractivity contribution is -0.113. The van der Waals surface area contributed by atoms with E-state index in [1.807, 2.05) is 12.2 Å². The summed E-state index contributed by atoms with van der Waals surface area (Å²) in [6.45, 7) is 2.22. The van der Waals surface area contributed by atoms with Crippen molar-refractivity contribution in [1.29, 1.82) is 5.26 Å². The lowest BCUT2D eigenvalue weighted by atomic mass is 9.67. The molecule has 1 saturated carbocycles. The Bertz CT molecular complexity index is 724. The molecule has 0 amide bonds. The molecule has 2 heteroatoms. The molecule has 3 rings (SSSR count). The third-order valence-corrected chi connectivity index (χ3v) is 6.13. The van der Waals surface area contributed by atoms with Crippen LogP contribution >= 0.6 is 0 Å². The van der Waals surface area contributed by atoms with E-state index in [0.717, 1.165) is 37.7 Å². The quantitative estimate of drug-likeness (QED) is 0.563. The first kappa shape index (κ1) is 18.6. The number of nitrogens with zero attached hydrogens (tertiary/aromatic N) is 1. The van der Waals surface area contributed by atoms with Crippen LogP contribution in [0.1, 0.15) is 81.8 Å². The van der Waals surface area contributed by atoms with Crippen LogP contribution < -0.4 is 0 Å². The minimum atomic E-state index is -0.0736. The number of ketones is 1. The standard InChI is InChI=1S/C24H29NO/c1-2-3-4-15-24(18-25)16-13-22(14-17-24)20-7-5-19(6-8-20)21-9-11-23(26)12-10-21/h5-11,22H,2-4,12-17H2,1H3. The van der Waals surface area contributed by atoms with E-state index >= 15 is 0 Å². The van der Waals surface area contributed by atoms with Gasteiger partial charge in [-0.15, -0.1) is 0 Å². The molecule has 0 N–H and O–H groups in total. The molecular weight excluding hydrogens is 318 g/mol. The fraction of sp³-hybridized carbons (Fsp3) is 0.500. The molecule has 0 bridgehead atoms. The molecule has 0 aromatic heterocycles. The number of allylic oxidation sites excluding steroid dienone is 4. The van der Waals surface area contributed by atoms with Gasteiger partial charge in [-0.3, -0.25) is 4.79 Å². The molecule has 1 fully saturated rings. The van der Waals surface area contributed by atoms with Gasteiger partial charge in [-0.05, 0) is 60.8 Å². The number of benzene rings is 1. The molecule has 0 saturated heterocycles. The van der Waals surface area contributed by atoms with Crippen LogP contribution in [-0.4, -0.2) is 5.78 Å². The SMILES string of the molecule is CCCCCC1(C#N)CCC(c2ccc(C3=CCC(=O)C=C3)cc2)CC1. The lowest BCUT2D eigenvalue weighted by Gasteiger charge is -2.35. The van der Waals surface area contributed by atoms with Crippen molar-refractivity contribution < 1.29 is 4.79 Å². The van der Waals surface area contributed by atoms with E-state index in [-0.39, 0.29) is 11.2 Å². The highest BCUT2D eigenvalue weighted by Crippen LogP contribution is 2.45. The summed E-state index contributed by atoms with van der Waals surface area (Å²) in [5.74, 6) is 0.752. The molecule has 1 aromatic rings. The predicted octanol–water partition coefficient (Wildman–Crippen LogP) is 6.35. The van der Waals surface area contributed by atoms with E-state index in [1.54, 1.807) is 6.08 Å². The molecule has 0 radical (unpaired) electrons. The number of carbonyl (C=O) groups excluding carboxylic acids is 1. The van der Waals surface area contributed by atoms with E-state index in [9.17, 15) is 10.1 Å². The Morgan fingerprint density at radius 3 is 2.42 bits per heavy atom. The summed E-state index contributed by atoms with van der Waals surface area (Å²) in [6, 6.07) is 11.5. The third kappa shape index (κ3) is 4.33. The maximum Gasteiger partial charge on any atom is 0.159 e. The van der Waals surface area contributed by atoms with Crippen molar-refractivity contribution in [3.05, 3.63) is 53.6 Å². The second kappa shape index (κ2) is 8.49. The van der Waals surface area contributed by atoms with Gasteiger partial charge < -0.3 is 0 Å². The summed E-state index contributed by atoms with van der Waals surface area (Å²) < 4.78 is 0. The molecule has 26 heavy (non-hydrogen) atoms. The van der Waals surface area contributed by atoms with Crippen molar-refractivity contribution in [1.82, 2.24) is 0 Å². The zero-order valence-corrected chi connectivity index (χ0v) is 15.8. The molecule has 1 aromatic carbocycles. The molecule has 136 valence electrons. The second-order valence-electron chi connectivity index (χ2n) is 7.91. The van der Waals surface area contributed by atoms with Crippen LogP contribution in [0, 0.1) is 16.7 Å². The zero-order valence-electron chi connectivity index (χ0n) is 15.8. The summed E-state index contributed by atoms with van der Waals surface area (Å²) in [7, 11) is 0. The highest BCUT2D eigenvalue weighted by Gasteiger charge is 2.35. The summed E-state index contributed by atoms with van der Waals surface area (Å²) in [5, 5.41) is 9.71. The third-order valence-electron chi connectivity index (χ3n) is 6.13. The maximum absolute atomic E-state index is 11.3. The van der Waals surface area contributed by atoms with Gasteiger partial charge in [-0.1, -0.05) is 62.6 Å². The van der Waals surface area contributed by atoms with Gasteiger partial charge in [-0.25, -0.2) is 0 Å². The summed E-state index contributed by atoms with van der Waals surface area (Å²) in [4.78, 5) is 11.3. The van der Waals surface area contributed by atoms with Gasteiger partial charge in [0.15, 0.2) is 5.78 Å². The zero-order chi connectivity index (χ0) is 18.4. The second-order valence-corrected chi connectivity index (χ2v) is 7.91. The Balaban J connectivity index is 1.60. The van der Waals surface area contributed by atoms with Gasteiger partial charge in [0, 0.05) is 6.42 Å². The van der Waals surface area contributed by atoms with Crippen LogP contribution in [0.5, 0.6) is 0 Å². The molecule has 0 spiro atoms. The normalized spacial score (nSPS) is 25.6. The van der Waals surface area contributed by atoms with E-state index < -0.39 is 0 Å². The van der Waals surface area contributed by atoms with Crippen molar-refractivity contribution in [2.45, 2.75) is 70.6 Å². The van der Waals surface area contributed by atoms with Crippen molar-refractivity contribution in [3.63, 3.8) is 0 Å². The van der Waals surface area contributed by atoms with Crippen molar-refractivity contribution in [2.24, 2.45) is 5.41 Å². The molecular formula is C24H29NO. The number of hydrogen-bond acceptors (Lipinski definition) is 2. The number of rotatable bonds is 6. The first-order valence-electron chi connectivity index (χ1n) is 10.1. The molecule has 0 aliphatic heterocycles. The Hall–Kier alpha value is -2.14. The Morgan fingerprint density at radius 1 is 1.12 bits per heavy atom. The minimum Gasteiger partial charge on any atom is -0.295 e. The summed E-state index contributed by atoms with van der Waals surface area (Å²) >= 11 is 0. The first-order valence-corrected chi connectivity index (χ1v) is 10.1. The van der Waals surface area contributed by atoms with Gasteiger partial charge in [0.25, 0.3) is 0 Å². The van der Waals surface area contributed by atoms with Gasteiger partial charge >= 0.3 is 0 Å². The van der Waals surface area contributed by atoms with Crippen LogP contribution in [0.15, 0.2) is 42.5 Å². The van der Waals surface area contributed by atoms with Crippen LogP contribution in [-0.2, 0) is 4.79 Å². The van der Waals surface area contributed by atoms with Crippen LogP contribution in [0.3, 0.4) is 0 Å². The van der Waals surface area contributed by atoms with Crippen molar-refractivity contribution in [3.8, 4) is 6.07 Å². The predicted molar refractivity (Wildman–Crippen MR) is 107 cm³/mol. The Kier molecular flexibility index (Phi) is 6.09. The minimum absolute atomic E-state index is 0.0736. The molecule has 2 aliphatic rings. The molecule has 0 unspecified atom stereocenters. The Labute approximate surface area is 157 Å². The monoisotopic (exact) mass is 347 g/mol. The van der Waals surface area contributed by atoms with E-state index in [0.29, 0.717) is 12.3 Å². The van der Waals surface area contributed by atoms with E-state index in [2.05, 4.69) is 37.3 Å². The van der Waals surface area contributed by atoms with E-state index in [1.165, 1.54) is 30.4 Å². The van der Waals surface area contributed by atoms with Crippen molar-refractivity contribution >= 4 is 11.4 Å². The Morgan fingerprint density at radius 2 is 1.85 bits per heavy atom. The van der Waals surface area contributed by atoms with Crippen molar-refractivity contribution in [2.75, 3.05) is 0 Å². The first-order chi connectivity index (χ1) is 12.7. The molecule has 2 aliphatic carbocycles. The van der Waals surface area contributed by atoms with Crippen LogP contribution in [0.4, 0.5) is 0 Å². The van der Waals surface area contributed by atoms with Gasteiger partial charge in [0.2, 0.25) is 0 Å². The fourth-order valence-corrected chi connectivity index (χ4v) is 4.33. The fourth-order valence-electron chi connectivity index (χ4n) is 4.33. The van der Waals surface area contributed by atoms with Crippen LogP contribution in [0.2, 0.25) is 0 Å². The largest absolute Gasteiger partial charge is 0.295 e.